The van der Waals surface area contributed by atoms with Gasteiger partial charge in [0.25, 0.3) is 0 Å². The van der Waals surface area contributed by atoms with Gasteiger partial charge in [-0.1, -0.05) is 74.5 Å². The first kappa shape index (κ1) is 22.5. The highest BCUT2D eigenvalue weighted by molar-refractivity contribution is 6.10. The summed E-state index contributed by atoms with van der Waals surface area (Å²) >= 11 is 0. The molecule has 0 saturated carbocycles. The minimum Gasteiger partial charge on any atom is -0.437 e. The lowest BCUT2D eigenvalue weighted by Crippen LogP contribution is -1.99. The first-order valence-corrected chi connectivity index (χ1v) is 13.0. The number of furan rings is 1. The summed E-state index contributed by atoms with van der Waals surface area (Å²) in [5, 5.41) is 2.17. The summed E-state index contributed by atoms with van der Waals surface area (Å²) in [7, 11) is 0. The minimum absolute atomic E-state index is 0.345. The van der Waals surface area contributed by atoms with Crippen LogP contribution in [0.1, 0.15) is 31.0 Å². The maximum Gasteiger partial charge on any atom is 0.227 e. The van der Waals surface area contributed by atoms with Crippen molar-refractivity contribution < 1.29 is 4.42 Å². The van der Waals surface area contributed by atoms with Crippen LogP contribution in [0.4, 0.5) is 0 Å². The summed E-state index contributed by atoms with van der Waals surface area (Å²) in [6, 6.07) is 36.0. The van der Waals surface area contributed by atoms with Crippen molar-refractivity contribution in [2.75, 3.05) is 0 Å². The Morgan fingerprint density at radius 3 is 2.24 bits per heavy atom. The molecule has 4 heteroatoms. The molecule has 7 rings (SSSR count). The number of imidazole rings is 1. The van der Waals surface area contributed by atoms with Gasteiger partial charge in [0.1, 0.15) is 11.4 Å². The molecule has 38 heavy (non-hydrogen) atoms. The lowest BCUT2D eigenvalue weighted by atomic mass is 9.95. The van der Waals surface area contributed by atoms with Gasteiger partial charge in [-0.2, -0.15) is 0 Å². The van der Waals surface area contributed by atoms with Crippen LogP contribution in [0.25, 0.3) is 61.3 Å². The Labute approximate surface area is 221 Å². The van der Waals surface area contributed by atoms with E-state index in [-0.39, 0.29) is 0 Å². The molecule has 0 unspecified atom stereocenters. The second kappa shape index (κ2) is 8.70. The lowest BCUT2D eigenvalue weighted by Gasteiger charge is -2.13. The number of hydrogen-bond donors (Lipinski definition) is 0. The van der Waals surface area contributed by atoms with Crippen molar-refractivity contribution in [1.29, 1.82) is 0 Å². The average Bonchev–Trinajstić information content (AvgIpc) is 3.51. The molecular weight excluding hydrogens is 466 g/mol. The van der Waals surface area contributed by atoms with Gasteiger partial charge >= 0.3 is 0 Å². The molecule has 0 saturated heterocycles. The third-order valence-corrected chi connectivity index (χ3v) is 7.31. The number of nitrogens with zero attached hydrogens (tertiary/aromatic N) is 3. The van der Waals surface area contributed by atoms with Gasteiger partial charge in [-0.15, -0.1) is 0 Å². The Morgan fingerprint density at radius 2 is 1.45 bits per heavy atom. The number of benzene rings is 4. The molecule has 184 valence electrons. The summed E-state index contributed by atoms with van der Waals surface area (Å²) in [6.45, 7) is 6.44. The molecule has 0 aliphatic rings. The fourth-order valence-corrected chi connectivity index (χ4v) is 5.44. The highest BCUT2D eigenvalue weighted by Gasteiger charge is 2.22. The average molecular weight is 494 g/mol. The van der Waals surface area contributed by atoms with E-state index in [1.54, 1.807) is 0 Å². The second-order valence-electron chi connectivity index (χ2n) is 10.1. The first-order valence-electron chi connectivity index (χ1n) is 13.0. The molecular formula is C34H27N3O. The van der Waals surface area contributed by atoms with Crippen LogP contribution in [-0.4, -0.2) is 14.5 Å². The van der Waals surface area contributed by atoms with Crippen molar-refractivity contribution in [2.45, 2.75) is 26.7 Å². The highest BCUT2D eigenvalue weighted by atomic mass is 16.3. The Balaban J connectivity index is 1.50. The van der Waals surface area contributed by atoms with Gasteiger partial charge in [0.2, 0.25) is 5.71 Å². The summed E-state index contributed by atoms with van der Waals surface area (Å²) in [5.41, 5.74) is 10.1. The second-order valence-corrected chi connectivity index (χ2v) is 10.1. The molecule has 0 aliphatic carbocycles. The van der Waals surface area contributed by atoms with Gasteiger partial charge < -0.3 is 4.42 Å². The van der Waals surface area contributed by atoms with Crippen molar-refractivity contribution >= 4 is 33.1 Å². The molecule has 3 aromatic heterocycles. The van der Waals surface area contributed by atoms with Gasteiger partial charge in [-0.05, 0) is 72.0 Å². The van der Waals surface area contributed by atoms with Crippen LogP contribution in [0.15, 0.2) is 108 Å². The van der Waals surface area contributed by atoms with E-state index < -0.39 is 0 Å². The van der Waals surface area contributed by atoms with E-state index in [1.165, 1.54) is 16.7 Å². The standard InChI is InChI=1S/C34H27N3O/c1-21(2)26-19-20-28(32-31(26)27-18-13-22(3)35-34(27)38-32)33-36-29-11-7-8-12-30(29)37(33)25-16-14-24(15-17-25)23-9-5-4-6-10-23/h4-21H,1-3H3. The zero-order valence-electron chi connectivity index (χ0n) is 21.6. The quantitative estimate of drug-likeness (QED) is 0.246. The molecule has 0 amide bonds. The number of aromatic nitrogens is 3. The van der Waals surface area contributed by atoms with Crippen LogP contribution in [0.5, 0.6) is 0 Å². The largest absolute Gasteiger partial charge is 0.437 e. The van der Waals surface area contributed by atoms with Crippen LogP contribution >= 0.6 is 0 Å². The van der Waals surface area contributed by atoms with Crippen LogP contribution < -0.4 is 0 Å². The van der Waals surface area contributed by atoms with Gasteiger partial charge in [0.05, 0.1) is 16.6 Å². The van der Waals surface area contributed by atoms with Crippen molar-refractivity contribution in [1.82, 2.24) is 14.5 Å². The molecule has 0 spiro atoms. The molecule has 0 aliphatic heterocycles. The fraction of sp³-hybridized carbons (Fsp3) is 0.118. The van der Waals surface area contributed by atoms with Crippen molar-refractivity contribution in [2.24, 2.45) is 0 Å². The number of pyridine rings is 1. The van der Waals surface area contributed by atoms with E-state index in [4.69, 9.17) is 14.4 Å². The van der Waals surface area contributed by atoms with Crippen LogP contribution in [0.3, 0.4) is 0 Å². The maximum atomic E-state index is 6.51. The molecule has 4 aromatic carbocycles. The highest BCUT2D eigenvalue weighted by Crippen LogP contribution is 2.41. The molecule has 7 aromatic rings. The maximum absolute atomic E-state index is 6.51. The monoisotopic (exact) mass is 493 g/mol. The molecule has 0 bridgehead atoms. The molecule has 0 N–H and O–H groups in total. The number of fused-ring (bicyclic) bond motifs is 4. The minimum atomic E-state index is 0.345. The smallest absolute Gasteiger partial charge is 0.227 e. The van der Waals surface area contributed by atoms with E-state index >= 15 is 0 Å². The predicted molar refractivity (Wildman–Crippen MR) is 156 cm³/mol. The van der Waals surface area contributed by atoms with Gasteiger partial charge in [-0.25, -0.2) is 9.97 Å². The van der Waals surface area contributed by atoms with E-state index in [0.717, 1.165) is 50.2 Å². The molecule has 3 heterocycles. The number of rotatable bonds is 4. The number of aryl methyl sites for hydroxylation is 1. The normalized spacial score (nSPS) is 11.8. The Hall–Kier alpha value is -4.70. The van der Waals surface area contributed by atoms with Crippen molar-refractivity contribution in [3.8, 4) is 28.2 Å². The Kier molecular flexibility index (Phi) is 5.15. The topological polar surface area (TPSA) is 43.9 Å². The SMILES string of the molecule is Cc1ccc2c(n1)oc1c(-c3nc4ccccc4n3-c3ccc(-c4ccccc4)cc3)ccc(C(C)C)c12. The number of para-hydroxylation sites is 2. The van der Waals surface area contributed by atoms with Crippen LogP contribution in [0.2, 0.25) is 0 Å². The Bertz CT molecular complexity index is 1940. The molecule has 0 atom stereocenters. The summed E-state index contributed by atoms with van der Waals surface area (Å²) < 4.78 is 8.74. The van der Waals surface area contributed by atoms with E-state index in [1.807, 2.05) is 19.1 Å². The van der Waals surface area contributed by atoms with Gasteiger partial charge in [0, 0.05) is 22.2 Å². The molecule has 0 radical (unpaired) electrons. The first-order chi connectivity index (χ1) is 18.6. The van der Waals surface area contributed by atoms with Crippen molar-refractivity contribution in [3.05, 3.63) is 114 Å². The van der Waals surface area contributed by atoms with Gasteiger partial charge in [0.15, 0.2) is 0 Å². The van der Waals surface area contributed by atoms with E-state index in [2.05, 4.69) is 109 Å². The third kappa shape index (κ3) is 3.52. The Morgan fingerprint density at radius 1 is 0.711 bits per heavy atom. The fourth-order valence-electron chi connectivity index (χ4n) is 5.44. The zero-order valence-corrected chi connectivity index (χ0v) is 21.6. The predicted octanol–water partition coefficient (Wildman–Crippen LogP) is 9.09. The summed E-state index contributed by atoms with van der Waals surface area (Å²) in [5.74, 6) is 1.20. The molecule has 0 fully saturated rings. The van der Waals surface area contributed by atoms with Gasteiger partial charge in [-0.3, -0.25) is 4.57 Å². The lowest BCUT2D eigenvalue weighted by molar-refractivity contribution is 0.652. The van der Waals surface area contributed by atoms with Crippen LogP contribution in [-0.2, 0) is 0 Å². The van der Waals surface area contributed by atoms with E-state index in [9.17, 15) is 0 Å². The van der Waals surface area contributed by atoms with Crippen molar-refractivity contribution in [3.63, 3.8) is 0 Å². The molecule has 4 nitrogen and oxygen atoms in total. The zero-order chi connectivity index (χ0) is 25.8. The summed E-state index contributed by atoms with van der Waals surface area (Å²) in [6.07, 6.45) is 0. The number of hydrogen-bond acceptors (Lipinski definition) is 3. The van der Waals surface area contributed by atoms with Crippen LogP contribution in [0, 0.1) is 6.92 Å². The summed E-state index contributed by atoms with van der Waals surface area (Å²) in [4.78, 5) is 9.85. The van der Waals surface area contributed by atoms with E-state index in [0.29, 0.717) is 11.6 Å². The third-order valence-electron chi connectivity index (χ3n) is 7.31.